The molecule has 1 aliphatic carbocycles. The van der Waals surface area contributed by atoms with E-state index in [1.54, 1.807) is 24.3 Å². The SMILES string of the molecule is N[C@@H]1CN(C(=O)c2ccc(CO)cc2)C[C@H]1C1CC1. The second-order valence-corrected chi connectivity index (χ2v) is 5.73. The van der Waals surface area contributed by atoms with Gasteiger partial charge in [-0.05, 0) is 42.4 Å². The average molecular weight is 260 g/mol. The number of amides is 1. The summed E-state index contributed by atoms with van der Waals surface area (Å²) < 4.78 is 0. The number of likely N-dealkylation sites (tertiary alicyclic amines) is 1. The molecule has 4 nitrogen and oxygen atoms in total. The minimum Gasteiger partial charge on any atom is -0.392 e. The van der Waals surface area contributed by atoms with Gasteiger partial charge in [-0.15, -0.1) is 0 Å². The fourth-order valence-corrected chi connectivity index (χ4v) is 2.98. The third kappa shape index (κ3) is 2.51. The number of nitrogens with two attached hydrogens (primary N) is 1. The van der Waals surface area contributed by atoms with Crippen LogP contribution in [0.25, 0.3) is 0 Å². The molecule has 4 heteroatoms. The number of aliphatic hydroxyl groups excluding tert-OH is 1. The summed E-state index contributed by atoms with van der Waals surface area (Å²) in [6.45, 7) is 1.47. The number of nitrogens with zero attached hydrogens (tertiary/aromatic N) is 1. The van der Waals surface area contributed by atoms with Crippen LogP contribution in [0.1, 0.15) is 28.8 Å². The Morgan fingerprint density at radius 3 is 2.53 bits per heavy atom. The Balaban J connectivity index is 1.69. The average Bonchev–Trinajstić information content (AvgIpc) is 3.21. The van der Waals surface area contributed by atoms with Crippen molar-refractivity contribution < 1.29 is 9.90 Å². The number of hydrogen-bond donors (Lipinski definition) is 2. The highest BCUT2D eigenvalue weighted by atomic mass is 16.3. The molecule has 0 unspecified atom stereocenters. The van der Waals surface area contributed by atoms with Gasteiger partial charge in [0.25, 0.3) is 5.91 Å². The van der Waals surface area contributed by atoms with E-state index in [4.69, 9.17) is 10.8 Å². The van der Waals surface area contributed by atoms with Crippen molar-refractivity contribution in [2.75, 3.05) is 13.1 Å². The lowest BCUT2D eigenvalue weighted by Gasteiger charge is -2.16. The standard InChI is InChI=1S/C15H20N2O2/c16-14-8-17(7-13(14)11-5-6-11)15(19)12-3-1-10(9-18)2-4-12/h1-4,11,13-14,18H,5-9,16H2/t13-,14+/m0/s1. The molecule has 1 saturated heterocycles. The van der Waals surface area contributed by atoms with Crippen LogP contribution in [0.3, 0.4) is 0 Å². The third-order valence-corrected chi connectivity index (χ3v) is 4.31. The first-order chi connectivity index (χ1) is 9.19. The number of carbonyl (C=O) groups excluding carboxylic acids is 1. The molecule has 2 fully saturated rings. The molecule has 1 amide bonds. The summed E-state index contributed by atoms with van der Waals surface area (Å²) in [7, 11) is 0. The van der Waals surface area contributed by atoms with Gasteiger partial charge in [-0.25, -0.2) is 0 Å². The van der Waals surface area contributed by atoms with Gasteiger partial charge in [0.05, 0.1) is 6.61 Å². The number of hydrogen-bond acceptors (Lipinski definition) is 3. The summed E-state index contributed by atoms with van der Waals surface area (Å²) in [5.74, 6) is 1.29. The maximum atomic E-state index is 12.4. The van der Waals surface area contributed by atoms with E-state index in [2.05, 4.69) is 0 Å². The van der Waals surface area contributed by atoms with Crippen LogP contribution in [0.4, 0.5) is 0 Å². The lowest BCUT2D eigenvalue weighted by atomic mass is 9.99. The van der Waals surface area contributed by atoms with Gasteiger partial charge in [0.1, 0.15) is 0 Å². The first-order valence-electron chi connectivity index (χ1n) is 6.93. The van der Waals surface area contributed by atoms with Gasteiger partial charge < -0.3 is 15.7 Å². The molecule has 0 radical (unpaired) electrons. The Bertz CT molecular complexity index is 468. The van der Waals surface area contributed by atoms with Crippen LogP contribution in [-0.4, -0.2) is 35.0 Å². The fourth-order valence-electron chi connectivity index (χ4n) is 2.98. The molecule has 1 heterocycles. The van der Waals surface area contributed by atoms with Gasteiger partial charge in [0.15, 0.2) is 0 Å². The topological polar surface area (TPSA) is 66.6 Å². The van der Waals surface area contributed by atoms with Crippen LogP contribution in [0.5, 0.6) is 0 Å². The van der Waals surface area contributed by atoms with Crippen LogP contribution in [0.2, 0.25) is 0 Å². The van der Waals surface area contributed by atoms with Gasteiger partial charge in [-0.2, -0.15) is 0 Å². The second-order valence-electron chi connectivity index (χ2n) is 5.73. The van der Waals surface area contributed by atoms with Crippen molar-refractivity contribution in [2.24, 2.45) is 17.6 Å². The Hall–Kier alpha value is -1.39. The lowest BCUT2D eigenvalue weighted by Crippen LogP contribution is -2.32. The van der Waals surface area contributed by atoms with Gasteiger partial charge >= 0.3 is 0 Å². The predicted octanol–water partition coefficient (Wildman–Crippen LogP) is 0.988. The summed E-state index contributed by atoms with van der Waals surface area (Å²) in [6.07, 6.45) is 2.54. The molecule has 102 valence electrons. The summed E-state index contributed by atoms with van der Waals surface area (Å²) in [6, 6.07) is 7.28. The van der Waals surface area contributed by atoms with E-state index in [0.29, 0.717) is 18.0 Å². The molecule has 1 aromatic carbocycles. The highest BCUT2D eigenvalue weighted by Gasteiger charge is 2.42. The van der Waals surface area contributed by atoms with Crippen LogP contribution in [-0.2, 0) is 6.61 Å². The second kappa shape index (κ2) is 4.94. The largest absolute Gasteiger partial charge is 0.392 e. The van der Waals surface area contributed by atoms with Crippen LogP contribution in [0, 0.1) is 11.8 Å². The van der Waals surface area contributed by atoms with Crippen molar-refractivity contribution in [2.45, 2.75) is 25.5 Å². The molecular weight excluding hydrogens is 240 g/mol. The van der Waals surface area contributed by atoms with Gasteiger partial charge in [0, 0.05) is 24.7 Å². The molecule has 0 bridgehead atoms. The van der Waals surface area contributed by atoms with Crippen LogP contribution < -0.4 is 5.73 Å². The highest BCUT2D eigenvalue weighted by molar-refractivity contribution is 5.94. The fraction of sp³-hybridized carbons (Fsp3) is 0.533. The number of benzene rings is 1. The smallest absolute Gasteiger partial charge is 0.253 e. The zero-order valence-corrected chi connectivity index (χ0v) is 11.0. The molecular formula is C15H20N2O2. The van der Waals surface area contributed by atoms with Crippen molar-refractivity contribution >= 4 is 5.91 Å². The van der Waals surface area contributed by atoms with E-state index in [1.807, 2.05) is 4.90 Å². The normalized spacial score (nSPS) is 26.7. The highest BCUT2D eigenvalue weighted by Crippen LogP contribution is 2.41. The summed E-state index contributed by atoms with van der Waals surface area (Å²) in [4.78, 5) is 14.3. The summed E-state index contributed by atoms with van der Waals surface area (Å²) >= 11 is 0. The maximum Gasteiger partial charge on any atom is 0.253 e. The molecule has 3 N–H and O–H groups in total. The molecule has 1 aromatic rings. The number of rotatable bonds is 3. The molecule has 1 saturated carbocycles. The van der Waals surface area contributed by atoms with E-state index >= 15 is 0 Å². The van der Waals surface area contributed by atoms with E-state index in [-0.39, 0.29) is 18.6 Å². The quantitative estimate of drug-likeness (QED) is 0.851. The van der Waals surface area contributed by atoms with Gasteiger partial charge in [-0.3, -0.25) is 4.79 Å². The number of carbonyl (C=O) groups is 1. The molecule has 2 atom stereocenters. The van der Waals surface area contributed by atoms with Crippen molar-refractivity contribution in [3.05, 3.63) is 35.4 Å². The number of aliphatic hydroxyl groups is 1. The van der Waals surface area contributed by atoms with Crippen LogP contribution >= 0.6 is 0 Å². The molecule has 0 aromatic heterocycles. The first kappa shape index (κ1) is 12.6. The Morgan fingerprint density at radius 1 is 1.26 bits per heavy atom. The molecule has 2 aliphatic rings. The van der Waals surface area contributed by atoms with E-state index in [0.717, 1.165) is 18.0 Å². The van der Waals surface area contributed by atoms with E-state index in [9.17, 15) is 4.79 Å². The Morgan fingerprint density at radius 2 is 1.95 bits per heavy atom. The summed E-state index contributed by atoms with van der Waals surface area (Å²) in [5.41, 5.74) is 7.65. The van der Waals surface area contributed by atoms with E-state index < -0.39 is 0 Å². The summed E-state index contributed by atoms with van der Waals surface area (Å²) in [5, 5.41) is 9.00. The minimum atomic E-state index is 0.00676. The lowest BCUT2D eigenvalue weighted by molar-refractivity contribution is 0.0784. The van der Waals surface area contributed by atoms with Crippen molar-refractivity contribution in [1.82, 2.24) is 4.90 Å². The molecule has 1 aliphatic heterocycles. The maximum absolute atomic E-state index is 12.4. The first-order valence-corrected chi connectivity index (χ1v) is 6.93. The predicted molar refractivity (Wildman–Crippen MR) is 72.5 cm³/mol. The minimum absolute atomic E-state index is 0.00676. The monoisotopic (exact) mass is 260 g/mol. The Labute approximate surface area is 113 Å². The molecule has 19 heavy (non-hydrogen) atoms. The zero-order chi connectivity index (χ0) is 13.4. The third-order valence-electron chi connectivity index (χ3n) is 4.31. The molecule has 3 rings (SSSR count). The van der Waals surface area contributed by atoms with Crippen LogP contribution in [0.15, 0.2) is 24.3 Å². The van der Waals surface area contributed by atoms with Gasteiger partial charge in [-0.1, -0.05) is 12.1 Å². The van der Waals surface area contributed by atoms with Crippen molar-refractivity contribution in [3.8, 4) is 0 Å². The van der Waals surface area contributed by atoms with Crippen molar-refractivity contribution in [1.29, 1.82) is 0 Å². The molecule has 0 spiro atoms. The van der Waals surface area contributed by atoms with E-state index in [1.165, 1.54) is 12.8 Å². The van der Waals surface area contributed by atoms with Gasteiger partial charge in [0.2, 0.25) is 0 Å². The zero-order valence-electron chi connectivity index (χ0n) is 11.0. The van der Waals surface area contributed by atoms with Crippen molar-refractivity contribution in [3.63, 3.8) is 0 Å². The Kier molecular flexibility index (Phi) is 3.29.